The van der Waals surface area contributed by atoms with E-state index in [1.54, 1.807) is 18.2 Å². The van der Waals surface area contributed by atoms with Crippen molar-refractivity contribution in [2.45, 2.75) is 19.6 Å². The van der Waals surface area contributed by atoms with Crippen LogP contribution in [0, 0.1) is 0 Å². The fourth-order valence-corrected chi connectivity index (χ4v) is 1.35. The van der Waals surface area contributed by atoms with Gasteiger partial charge in [-0.3, -0.25) is 4.79 Å². The van der Waals surface area contributed by atoms with Crippen LogP contribution in [0.3, 0.4) is 0 Å². The first-order valence-corrected chi connectivity index (χ1v) is 4.08. The van der Waals surface area contributed by atoms with Gasteiger partial charge in [-0.05, 0) is 12.1 Å². The van der Waals surface area contributed by atoms with Gasteiger partial charge in [-0.1, -0.05) is 6.07 Å². The van der Waals surface area contributed by atoms with Gasteiger partial charge in [-0.2, -0.15) is 0 Å². The molecule has 3 nitrogen and oxygen atoms in total. The molecule has 1 aromatic rings. The van der Waals surface area contributed by atoms with E-state index >= 15 is 0 Å². The van der Waals surface area contributed by atoms with Crippen LogP contribution in [0.5, 0.6) is 11.5 Å². The van der Waals surface area contributed by atoms with Gasteiger partial charge in [0.2, 0.25) is 5.79 Å². The van der Waals surface area contributed by atoms with E-state index in [-0.39, 0.29) is 0 Å². The maximum absolute atomic E-state index is 10.6. The number of hydrogen-bond donors (Lipinski definition) is 0. The third-order valence-corrected chi connectivity index (χ3v) is 1.84. The Labute approximate surface area is 76.3 Å². The smallest absolute Gasteiger partial charge is 0.246 e. The van der Waals surface area contributed by atoms with Gasteiger partial charge in [0.25, 0.3) is 0 Å². The van der Waals surface area contributed by atoms with Gasteiger partial charge in [0.1, 0.15) is 0 Å². The van der Waals surface area contributed by atoms with E-state index in [9.17, 15) is 4.79 Å². The molecule has 0 spiro atoms. The predicted octanol–water partition coefficient (Wildman–Crippen LogP) is 2.01. The van der Waals surface area contributed by atoms with E-state index in [0.717, 1.165) is 6.29 Å². The zero-order valence-corrected chi connectivity index (χ0v) is 7.53. The first kappa shape index (κ1) is 8.10. The second kappa shape index (κ2) is 2.49. The third kappa shape index (κ3) is 1.26. The second-order valence-electron chi connectivity index (χ2n) is 3.40. The molecule has 0 atom stereocenters. The molecule has 0 aromatic heterocycles. The summed E-state index contributed by atoms with van der Waals surface area (Å²) >= 11 is 0. The largest absolute Gasteiger partial charge is 0.449 e. The number of para-hydroxylation sites is 1. The summed E-state index contributed by atoms with van der Waals surface area (Å²) in [5.41, 5.74) is 0.531. The number of carbonyl (C=O) groups is 1. The maximum atomic E-state index is 10.6. The number of aldehydes is 1. The van der Waals surface area contributed by atoms with Crippen LogP contribution in [-0.4, -0.2) is 12.1 Å². The first-order chi connectivity index (χ1) is 6.12. The van der Waals surface area contributed by atoms with Crippen LogP contribution in [0.2, 0.25) is 0 Å². The molecule has 0 unspecified atom stereocenters. The molecule has 2 rings (SSSR count). The Bertz CT molecular complexity index is 355. The topological polar surface area (TPSA) is 35.5 Å². The molecule has 1 aliphatic rings. The first-order valence-electron chi connectivity index (χ1n) is 4.08. The molecule has 0 aliphatic carbocycles. The zero-order chi connectivity index (χ0) is 9.47. The highest BCUT2D eigenvalue weighted by Gasteiger charge is 2.32. The van der Waals surface area contributed by atoms with Gasteiger partial charge in [-0.25, -0.2) is 0 Å². The number of carbonyl (C=O) groups excluding carboxylic acids is 1. The van der Waals surface area contributed by atoms with Crippen molar-refractivity contribution in [2.24, 2.45) is 0 Å². The van der Waals surface area contributed by atoms with Crippen LogP contribution in [0.25, 0.3) is 0 Å². The number of hydrogen-bond acceptors (Lipinski definition) is 3. The van der Waals surface area contributed by atoms with E-state index in [2.05, 4.69) is 0 Å². The quantitative estimate of drug-likeness (QED) is 0.617. The van der Waals surface area contributed by atoms with E-state index in [1.165, 1.54) is 0 Å². The van der Waals surface area contributed by atoms with Crippen LogP contribution in [0.4, 0.5) is 0 Å². The van der Waals surface area contributed by atoms with Gasteiger partial charge in [-0.15, -0.1) is 0 Å². The molecule has 0 N–H and O–H groups in total. The molecular formula is C10H10O3. The fraction of sp³-hybridized carbons (Fsp3) is 0.300. The van der Waals surface area contributed by atoms with Crippen molar-refractivity contribution in [3.05, 3.63) is 23.8 Å². The summed E-state index contributed by atoms with van der Waals surface area (Å²) in [5.74, 6) is 0.513. The summed E-state index contributed by atoms with van der Waals surface area (Å²) in [7, 11) is 0. The Balaban J connectivity index is 2.51. The maximum Gasteiger partial charge on any atom is 0.246 e. The average Bonchev–Trinajstić information content (AvgIpc) is 2.37. The molecule has 0 saturated heterocycles. The lowest BCUT2D eigenvalue weighted by atomic mass is 10.2. The zero-order valence-electron chi connectivity index (χ0n) is 7.53. The summed E-state index contributed by atoms with van der Waals surface area (Å²) in [6, 6.07) is 5.26. The van der Waals surface area contributed by atoms with Crippen molar-refractivity contribution in [1.29, 1.82) is 0 Å². The number of rotatable bonds is 1. The number of benzene rings is 1. The molecule has 0 bridgehead atoms. The van der Waals surface area contributed by atoms with Crippen LogP contribution >= 0.6 is 0 Å². The predicted molar refractivity (Wildman–Crippen MR) is 47.2 cm³/mol. The molecule has 1 aliphatic heterocycles. The van der Waals surface area contributed by atoms with Crippen molar-refractivity contribution in [2.75, 3.05) is 0 Å². The summed E-state index contributed by atoms with van der Waals surface area (Å²) < 4.78 is 10.9. The minimum Gasteiger partial charge on any atom is -0.449 e. The van der Waals surface area contributed by atoms with Crippen LogP contribution in [0.15, 0.2) is 18.2 Å². The lowest BCUT2D eigenvalue weighted by Gasteiger charge is -2.16. The normalized spacial score (nSPS) is 17.1. The molecule has 0 amide bonds. The molecule has 0 radical (unpaired) electrons. The molecule has 68 valence electrons. The Morgan fingerprint density at radius 1 is 1.31 bits per heavy atom. The fourth-order valence-electron chi connectivity index (χ4n) is 1.35. The molecule has 1 aromatic carbocycles. The van der Waals surface area contributed by atoms with Gasteiger partial charge in [0.15, 0.2) is 17.8 Å². The molecule has 3 heteroatoms. The second-order valence-corrected chi connectivity index (χ2v) is 3.40. The number of ether oxygens (including phenoxy) is 2. The highest BCUT2D eigenvalue weighted by molar-refractivity contribution is 5.81. The van der Waals surface area contributed by atoms with E-state index < -0.39 is 5.79 Å². The Morgan fingerprint density at radius 3 is 2.77 bits per heavy atom. The van der Waals surface area contributed by atoms with E-state index in [4.69, 9.17) is 9.47 Å². The van der Waals surface area contributed by atoms with Crippen LogP contribution in [-0.2, 0) is 0 Å². The molecular weight excluding hydrogens is 168 g/mol. The van der Waals surface area contributed by atoms with Gasteiger partial charge >= 0.3 is 0 Å². The Hall–Kier alpha value is -1.51. The van der Waals surface area contributed by atoms with E-state index in [1.807, 2.05) is 13.8 Å². The van der Waals surface area contributed by atoms with Crippen molar-refractivity contribution >= 4 is 6.29 Å². The van der Waals surface area contributed by atoms with Crippen molar-refractivity contribution in [1.82, 2.24) is 0 Å². The number of fused-ring (bicyclic) bond motifs is 1. The van der Waals surface area contributed by atoms with Crippen LogP contribution < -0.4 is 9.47 Å². The third-order valence-electron chi connectivity index (χ3n) is 1.84. The average molecular weight is 178 g/mol. The highest BCUT2D eigenvalue weighted by atomic mass is 16.7. The van der Waals surface area contributed by atoms with Crippen LogP contribution in [0.1, 0.15) is 24.2 Å². The molecule has 0 fully saturated rings. The van der Waals surface area contributed by atoms with Gasteiger partial charge in [0.05, 0.1) is 5.56 Å². The van der Waals surface area contributed by atoms with Gasteiger partial charge < -0.3 is 9.47 Å². The summed E-state index contributed by atoms with van der Waals surface area (Å²) in [5, 5.41) is 0. The Morgan fingerprint density at radius 2 is 2.08 bits per heavy atom. The molecule has 1 heterocycles. The summed E-state index contributed by atoms with van der Waals surface area (Å²) in [6.07, 6.45) is 0.767. The minimum absolute atomic E-state index is 0.531. The summed E-state index contributed by atoms with van der Waals surface area (Å²) in [4.78, 5) is 10.6. The minimum atomic E-state index is -0.665. The standard InChI is InChI=1S/C10H10O3/c1-10(2)12-8-5-3-4-7(6-11)9(8)13-10/h3-6H,1-2H3. The Kier molecular flexibility index (Phi) is 1.55. The molecule has 13 heavy (non-hydrogen) atoms. The van der Waals surface area contributed by atoms with Crippen molar-refractivity contribution < 1.29 is 14.3 Å². The lowest BCUT2D eigenvalue weighted by molar-refractivity contribution is -0.0432. The monoisotopic (exact) mass is 178 g/mol. The van der Waals surface area contributed by atoms with Crippen molar-refractivity contribution in [3.63, 3.8) is 0 Å². The summed E-state index contributed by atoms with van der Waals surface area (Å²) in [6.45, 7) is 3.61. The lowest BCUT2D eigenvalue weighted by Crippen LogP contribution is -2.29. The highest BCUT2D eigenvalue weighted by Crippen LogP contribution is 2.40. The SMILES string of the molecule is CC1(C)Oc2cccc(C=O)c2O1. The molecule has 0 saturated carbocycles. The van der Waals surface area contributed by atoms with Crippen molar-refractivity contribution in [3.8, 4) is 11.5 Å². The van der Waals surface area contributed by atoms with Gasteiger partial charge in [0, 0.05) is 13.8 Å². The van der Waals surface area contributed by atoms with E-state index in [0.29, 0.717) is 17.1 Å².